The van der Waals surface area contributed by atoms with E-state index in [2.05, 4.69) is 5.32 Å². The molecule has 0 bridgehead atoms. The number of nitrogens with two attached hydrogens (primary N) is 1. The first-order valence-corrected chi connectivity index (χ1v) is 7.07. The van der Waals surface area contributed by atoms with Crippen molar-refractivity contribution < 1.29 is 9.18 Å². The lowest BCUT2D eigenvalue weighted by Crippen LogP contribution is -2.14. The second kappa shape index (κ2) is 6.43. The smallest absolute Gasteiger partial charge is 0.234 e. The number of amides is 1. The number of hydrogen-bond acceptors (Lipinski definition) is 3. The number of anilines is 2. The molecule has 0 heterocycles. The molecule has 0 saturated carbocycles. The Labute approximate surface area is 121 Å². The van der Waals surface area contributed by atoms with Crippen LogP contribution in [0, 0.1) is 12.7 Å². The number of rotatable bonds is 4. The number of nitrogens with one attached hydrogen (secondary N) is 1. The van der Waals surface area contributed by atoms with Crippen LogP contribution < -0.4 is 11.1 Å². The van der Waals surface area contributed by atoms with E-state index in [-0.39, 0.29) is 17.5 Å². The fourth-order valence-corrected chi connectivity index (χ4v) is 2.39. The lowest BCUT2D eigenvalue weighted by Gasteiger charge is -2.09. The van der Waals surface area contributed by atoms with Crippen LogP contribution in [0.1, 0.15) is 5.56 Å². The summed E-state index contributed by atoms with van der Waals surface area (Å²) < 4.78 is 12.8. The van der Waals surface area contributed by atoms with Crippen LogP contribution in [0.5, 0.6) is 0 Å². The van der Waals surface area contributed by atoms with Gasteiger partial charge in [0.25, 0.3) is 0 Å². The summed E-state index contributed by atoms with van der Waals surface area (Å²) in [4.78, 5) is 12.7. The second-order valence-electron chi connectivity index (χ2n) is 4.37. The summed E-state index contributed by atoms with van der Waals surface area (Å²) in [5.41, 5.74) is 8.00. The minimum absolute atomic E-state index is 0.104. The van der Waals surface area contributed by atoms with Crippen molar-refractivity contribution in [3.63, 3.8) is 0 Å². The predicted octanol–water partition coefficient (Wildman–Crippen LogP) is 3.45. The van der Waals surface area contributed by atoms with Crippen molar-refractivity contribution in [1.29, 1.82) is 0 Å². The van der Waals surface area contributed by atoms with Crippen LogP contribution in [0.2, 0.25) is 0 Å². The van der Waals surface area contributed by atoms with Gasteiger partial charge in [0.15, 0.2) is 0 Å². The number of nitrogen functional groups attached to an aromatic ring is 1. The first kappa shape index (κ1) is 14.4. The van der Waals surface area contributed by atoms with Gasteiger partial charge in [-0.3, -0.25) is 4.79 Å². The maximum Gasteiger partial charge on any atom is 0.234 e. The summed E-state index contributed by atoms with van der Waals surface area (Å²) in [6.45, 7) is 1.89. The summed E-state index contributed by atoms with van der Waals surface area (Å²) in [6, 6.07) is 11.4. The molecule has 0 unspecified atom stereocenters. The Bertz CT molecular complexity index is 614. The zero-order chi connectivity index (χ0) is 14.5. The highest BCUT2D eigenvalue weighted by atomic mass is 32.2. The third-order valence-electron chi connectivity index (χ3n) is 2.71. The zero-order valence-corrected chi connectivity index (χ0v) is 11.8. The van der Waals surface area contributed by atoms with Crippen molar-refractivity contribution in [2.24, 2.45) is 0 Å². The van der Waals surface area contributed by atoms with Gasteiger partial charge in [0.1, 0.15) is 5.82 Å². The topological polar surface area (TPSA) is 55.1 Å². The molecule has 2 aromatic carbocycles. The number of halogens is 1. The fourth-order valence-electron chi connectivity index (χ4n) is 1.69. The van der Waals surface area contributed by atoms with Crippen molar-refractivity contribution in [2.75, 3.05) is 16.8 Å². The van der Waals surface area contributed by atoms with Crippen LogP contribution in [0.3, 0.4) is 0 Å². The summed E-state index contributed by atoms with van der Waals surface area (Å²) in [5, 5.41) is 2.83. The van der Waals surface area contributed by atoms with Crippen molar-refractivity contribution >= 4 is 29.0 Å². The molecule has 20 heavy (non-hydrogen) atoms. The minimum Gasteiger partial charge on any atom is -0.399 e. The first-order chi connectivity index (χ1) is 9.54. The molecule has 1 amide bonds. The molecule has 0 aliphatic heterocycles. The van der Waals surface area contributed by atoms with Gasteiger partial charge >= 0.3 is 0 Å². The maximum atomic E-state index is 12.8. The van der Waals surface area contributed by atoms with Gasteiger partial charge in [-0.05, 0) is 55.0 Å². The Balaban J connectivity index is 1.90. The molecular weight excluding hydrogens is 275 g/mol. The highest BCUT2D eigenvalue weighted by molar-refractivity contribution is 8.00. The highest BCUT2D eigenvalue weighted by Crippen LogP contribution is 2.20. The zero-order valence-electron chi connectivity index (χ0n) is 11.0. The minimum atomic E-state index is -0.281. The van der Waals surface area contributed by atoms with E-state index in [1.807, 2.05) is 13.0 Å². The molecule has 3 N–H and O–H groups in total. The Morgan fingerprint density at radius 1 is 1.25 bits per heavy atom. The van der Waals surface area contributed by atoms with E-state index in [9.17, 15) is 9.18 Å². The van der Waals surface area contributed by atoms with Crippen LogP contribution in [-0.2, 0) is 4.79 Å². The maximum absolute atomic E-state index is 12.8. The molecule has 0 aliphatic carbocycles. The largest absolute Gasteiger partial charge is 0.399 e. The van der Waals surface area contributed by atoms with E-state index in [1.165, 1.54) is 23.9 Å². The monoisotopic (exact) mass is 290 g/mol. The van der Waals surface area contributed by atoms with E-state index < -0.39 is 0 Å². The normalized spacial score (nSPS) is 10.3. The van der Waals surface area contributed by atoms with Gasteiger partial charge in [0.2, 0.25) is 5.91 Å². The third-order valence-corrected chi connectivity index (χ3v) is 3.72. The predicted molar refractivity (Wildman–Crippen MR) is 81.3 cm³/mol. The van der Waals surface area contributed by atoms with E-state index in [0.717, 1.165) is 16.1 Å². The quantitative estimate of drug-likeness (QED) is 0.670. The standard InChI is InChI=1S/C15H15FN2OS/c1-10-8-12(17)4-7-14(10)18-15(19)9-20-13-5-2-11(16)3-6-13/h2-8H,9,17H2,1H3,(H,18,19). The lowest BCUT2D eigenvalue weighted by atomic mass is 10.2. The van der Waals surface area contributed by atoms with Gasteiger partial charge in [-0.15, -0.1) is 11.8 Å². The Hall–Kier alpha value is -2.01. The SMILES string of the molecule is Cc1cc(N)ccc1NC(=O)CSc1ccc(F)cc1. The number of thioether (sulfide) groups is 1. The Morgan fingerprint density at radius 2 is 1.95 bits per heavy atom. The first-order valence-electron chi connectivity index (χ1n) is 6.09. The fraction of sp³-hybridized carbons (Fsp3) is 0.133. The molecule has 0 spiro atoms. The number of hydrogen-bond donors (Lipinski definition) is 2. The van der Waals surface area contributed by atoms with Gasteiger partial charge in [0, 0.05) is 16.3 Å². The van der Waals surface area contributed by atoms with Crippen LogP contribution in [0.15, 0.2) is 47.4 Å². The van der Waals surface area contributed by atoms with Crippen LogP contribution in [-0.4, -0.2) is 11.7 Å². The Morgan fingerprint density at radius 3 is 2.60 bits per heavy atom. The van der Waals surface area contributed by atoms with E-state index >= 15 is 0 Å². The molecule has 0 aliphatic rings. The molecular formula is C15H15FN2OS. The molecule has 0 fully saturated rings. The number of carbonyl (C=O) groups is 1. The molecule has 0 atom stereocenters. The summed E-state index contributed by atoms with van der Waals surface area (Å²) in [6.07, 6.45) is 0. The van der Waals surface area contributed by atoms with Crippen LogP contribution in [0.25, 0.3) is 0 Å². The van der Waals surface area contributed by atoms with E-state index in [0.29, 0.717) is 5.69 Å². The highest BCUT2D eigenvalue weighted by Gasteiger charge is 2.06. The van der Waals surface area contributed by atoms with Gasteiger partial charge in [-0.1, -0.05) is 0 Å². The van der Waals surface area contributed by atoms with Crippen LogP contribution in [0.4, 0.5) is 15.8 Å². The molecule has 3 nitrogen and oxygen atoms in total. The molecule has 104 valence electrons. The van der Waals surface area contributed by atoms with Gasteiger partial charge in [-0.25, -0.2) is 4.39 Å². The van der Waals surface area contributed by atoms with E-state index in [4.69, 9.17) is 5.73 Å². The van der Waals surface area contributed by atoms with Gasteiger partial charge < -0.3 is 11.1 Å². The van der Waals surface area contributed by atoms with Crippen molar-refractivity contribution in [3.8, 4) is 0 Å². The average molecular weight is 290 g/mol. The summed E-state index contributed by atoms with van der Waals surface area (Å²) in [7, 11) is 0. The van der Waals surface area contributed by atoms with Crippen LogP contribution >= 0.6 is 11.8 Å². The Kier molecular flexibility index (Phi) is 4.63. The summed E-state index contributed by atoms with van der Waals surface area (Å²) >= 11 is 1.36. The average Bonchev–Trinajstić information content (AvgIpc) is 2.41. The van der Waals surface area contributed by atoms with Gasteiger partial charge in [-0.2, -0.15) is 0 Å². The molecule has 2 aromatic rings. The van der Waals surface area contributed by atoms with Crippen molar-refractivity contribution in [3.05, 3.63) is 53.8 Å². The molecule has 5 heteroatoms. The molecule has 2 rings (SSSR count). The lowest BCUT2D eigenvalue weighted by molar-refractivity contribution is -0.113. The molecule has 0 radical (unpaired) electrons. The van der Waals surface area contributed by atoms with E-state index in [1.54, 1.807) is 24.3 Å². The number of benzene rings is 2. The van der Waals surface area contributed by atoms with Crippen molar-refractivity contribution in [1.82, 2.24) is 0 Å². The number of carbonyl (C=O) groups excluding carboxylic acids is 1. The summed E-state index contributed by atoms with van der Waals surface area (Å²) in [5.74, 6) is -0.112. The third kappa shape index (κ3) is 3.99. The van der Waals surface area contributed by atoms with Crippen molar-refractivity contribution in [2.45, 2.75) is 11.8 Å². The second-order valence-corrected chi connectivity index (χ2v) is 5.41. The molecule has 0 saturated heterocycles. The number of aryl methyl sites for hydroxylation is 1. The van der Waals surface area contributed by atoms with Gasteiger partial charge in [0.05, 0.1) is 5.75 Å². The molecule has 0 aromatic heterocycles.